The molecule has 4 heteroatoms. The van der Waals surface area contributed by atoms with E-state index in [4.69, 9.17) is 4.74 Å². The standard InChI is InChI=1S/C11H16N2O2/c1-4-15-11(14)10-6-9(5-8(2)3)12-7-13-10/h6-8H,4-5H2,1-3H3. The first-order chi connectivity index (χ1) is 7.13. The second-order valence-corrected chi connectivity index (χ2v) is 3.71. The topological polar surface area (TPSA) is 52.1 Å². The molecule has 0 aliphatic rings. The van der Waals surface area contributed by atoms with Crippen molar-refractivity contribution in [3.05, 3.63) is 23.8 Å². The molecule has 0 N–H and O–H groups in total. The van der Waals surface area contributed by atoms with Crippen molar-refractivity contribution in [2.45, 2.75) is 27.2 Å². The van der Waals surface area contributed by atoms with Crippen LogP contribution in [0.1, 0.15) is 37.0 Å². The maximum Gasteiger partial charge on any atom is 0.357 e. The number of hydrogen-bond acceptors (Lipinski definition) is 4. The van der Waals surface area contributed by atoms with Crippen LogP contribution in [-0.2, 0) is 11.2 Å². The highest BCUT2D eigenvalue weighted by Crippen LogP contribution is 2.06. The van der Waals surface area contributed by atoms with Crippen LogP contribution in [-0.4, -0.2) is 22.5 Å². The molecule has 4 nitrogen and oxygen atoms in total. The molecule has 0 spiro atoms. The Hall–Kier alpha value is -1.45. The Morgan fingerprint density at radius 1 is 1.47 bits per heavy atom. The van der Waals surface area contributed by atoms with Crippen molar-refractivity contribution in [3.8, 4) is 0 Å². The Morgan fingerprint density at radius 2 is 2.20 bits per heavy atom. The molecule has 1 rings (SSSR count). The number of ether oxygens (including phenoxy) is 1. The lowest BCUT2D eigenvalue weighted by molar-refractivity contribution is 0.0519. The first kappa shape index (κ1) is 11.6. The third kappa shape index (κ3) is 3.65. The number of aromatic nitrogens is 2. The van der Waals surface area contributed by atoms with Gasteiger partial charge in [-0.1, -0.05) is 13.8 Å². The Balaban J connectivity index is 2.78. The Kier molecular flexibility index (Phi) is 4.21. The lowest BCUT2D eigenvalue weighted by Crippen LogP contribution is -2.09. The highest BCUT2D eigenvalue weighted by atomic mass is 16.5. The quantitative estimate of drug-likeness (QED) is 0.708. The van der Waals surface area contributed by atoms with Gasteiger partial charge in [-0.05, 0) is 25.3 Å². The van der Waals surface area contributed by atoms with E-state index in [1.165, 1.54) is 6.33 Å². The highest BCUT2D eigenvalue weighted by molar-refractivity contribution is 5.87. The summed E-state index contributed by atoms with van der Waals surface area (Å²) >= 11 is 0. The van der Waals surface area contributed by atoms with Gasteiger partial charge < -0.3 is 4.74 Å². The molecule has 82 valence electrons. The molecule has 0 atom stereocenters. The second-order valence-electron chi connectivity index (χ2n) is 3.71. The van der Waals surface area contributed by atoms with Gasteiger partial charge in [0, 0.05) is 5.69 Å². The van der Waals surface area contributed by atoms with Gasteiger partial charge in [-0.3, -0.25) is 0 Å². The van der Waals surface area contributed by atoms with Gasteiger partial charge in [0.05, 0.1) is 6.61 Å². The Bertz CT molecular complexity index is 337. The van der Waals surface area contributed by atoms with Gasteiger partial charge in [-0.2, -0.15) is 0 Å². The predicted molar refractivity (Wildman–Crippen MR) is 56.5 cm³/mol. The van der Waals surface area contributed by atoms with Crippen LogP contribution in [0.15, 0.2) is 12.4 Å². The van der Waals surface area contributed by atoms with Crippen LogP contribution in [0.4, 0.5) is 0 Å². The van der Waals surface area contributed by atoms with Gasteiger partial charge in [-0.25, -0.2) is 14.8 Å². The molecule has 1 aromatic heterocycles. The molecule has 0 radical (unpaired) electrons. The fourth-order valence-electron chi connectivity index (χ4n) is 1.24. The van der Waals surface area contributed by atoms with E-state index in [1.54, 1.807) is 13.0 Å². The Morgan fingerprint density at radius 3 is 2.80 bits per heavy atom. The van der Waals surface area contributed by atoms with Gasteiger partial charge in [0.25, 0.3) is 0 Å². The summed E-state index contributed by atoms with van der Waals surface area (Å²) < 4.78 is 4.86. The summed E-state index contributed by atoms with van der Waals surface area (Å²) in [4.78, 5) is 19.4. The molecular weight excluding hydrogens is 192 g/mol. The maximum absolute atomic E-state index is 11.4. The average molecular weight is 208 g/mol. The molecule has 0 aromatic carbocycles. The smallest absolute Gasteiger partial charge is 0.357 e. The monoisotopic (exact) mass is 208 g/mol. The molecule has 1 heterocycles. The minimum atomic E-state index is -0.384. The number of nitrogens with zero attached hydrogens (tertiary/aromatic N) is 2. The van der Waals surface area contributed by atoms with Gasteiger partial charge in [0.15, 0.2) is 5.69 Å². The van der Waals surface area contributed by atoms with Gasteiger partial charge in [0.2, 0.25) is 0 Å². The summed E-state index contributed by atoms with van der Waals surface area (Å²) in [5, 5.41) is 0. The number of carbonyl (C=O) groups is 1. The van der Waals surface area contributed by atoms with Crippen LogP contribution in [0.25, 0.3) is 0 Å². The van der Waals surface area contributed by atoms with Crippen molar-refractivity contribution < 1.29 is 9.53 Å². The second kappa shape index (κ2) is 5.44. The molecule has 0 saturated heterocycles. The van der Waals surface area contributed by atoms with E-state index in [0.29, 0.717) is 18.2 Å². The summed E-state index contributed by atoms with van der Waals surface area (Å²) in [6.07, 6.45) is 2.25. The van der Waals surface area contributed by atoms with Crippen LogP contribution in [0.2, 0.25) is 0 Å². The molecule has 0 aliphatic carbocycles. The Labute approximate surface area is 89.7 Å². The summed E-state index contributed by atoms with van der Waals surface area (Å²) in [7, 11) is 0. The van der Waals surface area contributed by atoms with Crippen molar-refractivity contribution in [2.24, 2.45) is 5.92 Å². The van der Waals surface area contributed by atoms with Gasteiger partial charge in [0.1, 0.15) is 6.33 Å². The molecular formula is C11H16N2O2. The van der Waals surface area contributed by atoms with Crippen molar-refractivity contribution in [1.82, 2.24) is 9.97 Å². The summed E-state index contributed by atoms with van der Waals surface area (Å²) in [5.41, 5.74) is 1.21. The third-order valence-corrected chi connectivity index (χ3v) is 1.83. The lowest BCUT2D eigenvalue weighted by Gasteiger charge is -2.05. The van der Waals surface area contributed by atoms with E-state index in [0.717, 1.165) is 12.1 Å². The first-order valence-electron chi connectivity index (χ1n) is 5.11. The summed E-state index contributed by atoms with van der Waals surface area (Å²) in [6.45, 7) is 6.34. The van der Waals surface area contributed by atoms with E-state index in [-0.39, 0.29) is 5.97 Å². The minimum absolute atomic E-state index is 0.336. The first-order valence-corrected chi connectivity index (χ1v) is 5.11. The fraction of sp³-hybridized carbons (Fsp3) is 0.545. The maximum atomic E-state index is 11.4. The van der Waals surface area contributed by atoms with Crippen LogP contribution in [0, 0.1) is 5.92 Å². The molecule has 0 aliphatic heterocycles. The number of carbonyl (C=O) groups excluding carboxylic acids is 1. The van der Waals surface area contributed by atoms with Gasteiger partial charge in [-0.15, -0.1) is 0 Å². The third-order valence-electron chi connectivity index (χ3n) is 1.83. The summed E-state index contributed by atoms with van der Waals surface area (Å²) in [6, 6.07) is 1.69. The molecule has 0 fully saturated rings. The number of hydrogen-bond donors (Lipinski definition) is 0. The van der Waals surface area contributed by atoms with Crippen molar-refractivity contribution in [2.75, 3.05) is 6.61 Å². The largest absolute Gasteiger partial charge is 0.461 e. The molecule has 0 saturated carbocycles. The van der Waals surface area contributed by atoms with E-state index in [1.807, 2.05) is 0 Å². The van der Waals surface area contributed by atoms with E-state index in [2.05, 4.69) is 23.8 Å². The zero-order valence-corrected chi connectivity index (χ0v) is 9.36. The van der Waals surface area contributed by atoms with Crippen LogP contribution >= 0.6 is 0 Å². The van der Waals surface area contributed by atoms with Crippen LogP contribution < -0.4 is 0 Å². The highest BCUT2D eigenvalue weighted by Gasteiger charge is 2.09. The lowest BCUT2D eigenvalue weighted by atomic mass is 10.1. The van der Waals surface area contributed by atoms with E-state index in [9.17, 15) is 4.79 Å². The molecule has 15 heavy (non-hydrogen) atoms. The molecule has 0 unspecified atom stereocenters. The molecule has 0 amide bonds. The van der Waals surface area contributed by atoms with Crippen molar-refractivity contribution in [3.63, 3.8) is 0 Å². The fourth-order valence-corrected chi connectivity index (χ4v) is 1.24. The van der Waals surface area contributed by atoms with Crippen LogP contribution in [0.3, 0.4) is 0 Å². The zero-order chi connectivity index (χ0) is 11.3. The number of rotatable bonds is 4. The SMILES string of the molecule is CCOC(=O)c1cc(CC(C)C)ncn1. The van der Waals surface area contributed by atoms with Gasteiger partial charge >= 0.3 is 5.97 Å². The normalized spacial score (nSPS) is 10.4. The van der Waals surface area contributed by atoms with Crippen molar-refractivity contribution in [1.29, 1.82) is 0 Å². The predicted octanol–water partition coefficient (Wildman–Crippen LogP) is 1.85. The molecule has 1 aromatic rings. The number of esters is 1. The zero-order valence-electron chi connectivity index (χ0n) is 9.36. The van der Waals surface area contributed by atoms with E-state index < -0.39 is 0 Å². The summed E-state index contributed by atoms with van der Waals surface area (Å²) in [5.74, 6) is 0.125. The van der Waals surface area contributed by atoms with Crippen molar-refractivity contribution >= 4 is 5.97 Å². The van der Waals surface area contributed by atoms with E-state index >= 15 is 0 Å². The average Bonchev–Trinajstić information content (AvgIpc) is 2.17. The molecule has 0 bridgehead atoms. The minimum Gasteiger partial charge on any atom is -0.461 e. The van der Waals surface area contributed by atoms with Crippen LogP contribution in [0.5, 0.6) is 0 Å².